The molecule has 0 aliphatic carbocycles. The third-order valence-electron chi connectivity index (χ3n) is 3.26. The monoisotopic (exact) mass is 375 g/mol. The van der Waals surface area contributed by atoms with Crippen molar-refractivity contribution in [1.82, 2.24) is 9.71 Å². The average molecular weight is 376 g/mol. The summed E-state index contributed by atoms with van der Waals surface area (Å²) in [5.74, 6) is -0.528. The van der Waals surface area contributed by atoms with E-state index >= 15 is 0 Å². The van der Waals surface area contributed by atoms with E-state index in [9.17, 15) is 9.59 Å². The van der Waals surface area contributed by atoms with E-state index < -0.39 is 11.5 Å². The molecule has 0 spiro atoms. The summed E-state index contributed by atoms with van der Waals surface area (Å²) in [5, 5.41) is 5.45. The quantitative estimate of drug-likeness (QED) is 0.743. The van der Waals surface area contributed by atoms with Crippen LogP contribution in [0.15, 0.2) is 52.8 Å². The smallest absolute Gasteiger partial charge is 0.295 e. The minimum Gasteiger partial charge on any atom is -0.406 e. The lowest BCUT2D eigenvalue weighted by atomic mass is 10.2. The van der Waals surface area contributed by atoms with E-state index in [1.54, 1.807) is 24.3 Å². The fourth-order valence-corrected chi connectivity index (χ4v) is 2.99. The number of aromatic nitrogens is 2. The molecule has 3 rings (SSSR count). The van der Waals surface area contributed by atoms with Gasteiger partial charge < -0.3 is 4.84 Å². The first kappa shape index (κ1) is 17.2. The molecule has 0 fully saturated rings. The Bertz CT molecular complexity index is 968. The lowest BCUT2D eigenvalue weighted by Crippen LogP contribution is -2.32. The fourth-order valence-electron chi connectivity index (χ4n) is 2.10. The maximum Gasteiger partial charge on any atom is 0.295 e. The molecule has 6 nitrogen and oxygen atoms in total. The maximum absolute atomic E-state index is 12.4. The molecule has 0 aliphatic heterocycles. The van der Waals surface area contributed by atoms with Crippen molar-refractivity contribution >= 4 is 34.0 Å². The molecule has 0 saturated heterocycles. The Kier molecular flexibility index (Phi) is 5.16. The van der Waals surface area contributed by atoms with E-state index in [4.69, 9.17) is 16.4 Å². The van der Waals surface area contributed by atoms with Crippen LogP contribution in [0.25, 0.3) is 0 Å². The molecule has 0 aliphatic rings. The number of benzene rings is 1. The summed E-state index contributed by atoms with van der Waals surface area (Å²) in [5.41, 5.74) is 1.04. The van der Waals surface area contributed by atoms with Crippen molar-refractivity contribution in [3.8, 4) is 0 Å². The Hall–Kier alpha value is -2.64. The Morgan fingerprint density at radius 1 is 1.36 bits per heavy atom. The SMILES string of the molecule is Cc1csc(NC(=O)c2cccn(OCc3cccc(Cl)c3)c2=O)n1. The van der Waals surface area contributed by atoms with Crippen LogP contribution in [-0.2, 0) is 6.61 Å². The highest BCUT2D eigenvalue weighted by Crippen LogP contribution is 2.15. The number of hydrogen-bond donors (Lipinski definition) is 1. The third-order valence-corrected chi connectivity index (χ3v) is 4.37. The predicted octanol–water partition coefficient (Wildman–Crippen LogP) is 3.15. The van der Waals surface area contributed by atoms with Crippen LogP contribution < -0.4 is 15.7 Å². The zero-order chi connectivity index (χ0) is 17.8. The summed E-state index contributed by atoms with van der Waals surface area (Å²) >= 11 is 7.22. The van der Waals surface area contributed by atoms with Crippen LogP contribution in [-0.4, -0.2) is 15.6 Å². The topological polar surface area (TPSA) is 73.2 Å². The molecule has 3 aromatic rings. The first-order valence-corrected chi connectivity index (χ1v) is 8.61. The first-order chi connectivity index (χ1) is 12.0. The van der Waals surface area contributed by atoms with Gasteiger partial charge in [0.2, 0.25) is 0 Å². The van der Waals surface area contributed by atoms with Crippen LogP contribution >= 0.6 is 22.9 Å². The lowest BCUT2D eigenvalue weighted by molar-refractivity contribution is 0.0863. The number of amides is 1. The Labute approximate surface area is 152 Å². The second kappa shape index (κ2) is 7.50. The summed E-state index contributed by atoms with van der Waals surface area (Å²) in [7, 11) is 0. The van der Waals surface area contributed by atoms with Gasteiger partial charge in [-0.2, -0.15) is 4.73 Å². The Morgan fingerprint density at radius 3 is 2.92 bits per heavy atom. The molecule has 0 radical (unpaired) electrons. The zero-order valence-electron chi connectivity index (χ0n) is 13.2. The molecule has 1 aromatic carbocycles. The van der Waals surface area contributed by atoms with Crippen LogP contribution in [0.3, 0.4) is 0 Å². The molecule has 0 saturated carbocycles. The van der Waals surface area contributed by atoms with Crippen LogP contribution in [0.1, 0.15) is 21.6 Å². The molecule has 0 bridgehead atoms. The van der Waals surface area contributed by atoms with Gasteiger partial charge in [0.1, 0.15) is 12.2 Å². The number of anilines is 1. The molecule has 0 atom stereocenters. The molecular weight excluding hydrogens is 362 g/mol. The standard InChI is InChI=1S/C17H14ClN3O3S/c1-11-10-25-17(19-11)20-15(22)14-6-3-7-21(16(14)23)24-9-12-4-2-5-13(18)8-12/h2-8,10H,9H2,1H3,(H,19,20,22). The number of carbonyl (C=O) groups is 1. The molecule has 8 heteroatoms. The van der Waals surface area contributed by atoms with E-state index in [2.05, 4.69) is 10.3 Å². The Balaban J connectivity index is 1.75. The minimum absolute atomic E-state index is 0.0264. The molecule has 2 heterocycles. The molecular formula is C17H14ClN3O3S. The van der Waals surface area contributed by atoms with Crippen molar-refractivity contribution in [2.75, 3.05) is 5.32 Å². The van der Waals surface area contributed by atoms with Crippen molar-refractivity contribution in [2.24, 2.45) is 0 Å². The van der Waals surface area contributed by atoms with Gasteiger partial charge in [-0.15, -0.1) is 11.3 Å². The number of hydrogen-bond acceptors (Lipinski definition) is 5. The number of pyridine rings is 1. The number of nitrogens with one attached hydrogen (secondary N) is 1. The van der Waals surface area contributed by atoms with Gasteiger partial charge in [0.05, 0.1) is 5.69 Å². The van der Waals surface area contributed by atoms with Gasteiger partial charge >= 0.3 is 0 Å². The number of rotatable bonds is 5. The minimum atomic E-state index is -0.546. The Morgan fingerprint density at radius 2 is 2.20 bits per heavy atom. The molecule has 25 heavy (non-hydrogen) atoms. The zero-order valence-corrected chi connectivity index (χ0v) is 14.8. The second-order valence-electron chi connectivity index (χ2n) is 5.20. The van der Waals surface area contributed by atoms with E-state index in [0.717, 1.165) is 16.0 Å². The van der Waals surface area contributed by atoms with Crippen molar-refractivity contribution in [3.05, 3.63) is 80.2 Å². The lowest BCUT2D eigenvalue weighted by Gasteiger charge is -2.10. The van der Waals surface area contributed by atoms with Gasteiger partial charge in [-0.25, -0.2) is 4.98 Å². The summed E-state index contributed by atoms with van der Waals surface area (Å²) < 4.78 is 1.03. The average Bonchev–Trinajstić information content (AvgIpc) is 2.99. The summed E-state index contributed by atoms with van der Waals surface area (Å²) in [4.78, 5) is 34.3. The summed E-state index contributed by atoms with van der Waals surface area (Å²) in [6, 6.07) is 10.1. The summed E-state index contributed by atoms with van der Waals surface area (Å²) in [6.45, 7) is 1.97. The van der Waals surface area contributed by atoms with Gasteiger partial charge in [0.25, 0.3) is 11.5 Å². The molecule has 1 N–H and O–H groups in total. The van der Waals surface area contributed by atoms with Crippen molar-refractivity contribution in [2.45, 2.75) is 13.5 Å². The van der Waals surface area contributed by atoms with Crippen LogP contribution in [0, 0.1) is 6.92 Å². The van der Waals surface area contributed by atoms with E-state index in [0.29, 0.717) is 10.2 Å². The van der Waals surface area contributed by atoms with E-state index in [1.165, 1.54) is 23.6 Å². The van der Waals surface area contributed by atoms with Gasteiger partial charge in [0, 0.05) is 16.6 Å². The van der Waals surface area contributed by atoms with Crippen molar-refractivity contribution in [3.63, 3.8) is 0 Å². The molecule has 2 aromatic heterocycles. The van der Waals surface area contributed by atoms with Crippen molar-refractivity contribution < 1.29 is 9.63 Å². The van der Waals surface area contributed by atoms with E-state index in [-0.39, 0.29) is 12.2 Å². The summed E-state index contributed by atoms with van der Waals surface area (Å²) in [6.07, 6.45) is 1.46. The van der Waals surface area contributed by atoms with Crippen LogP contribution in [0.2, 0.25) is 5.02 Å². The van der Waals surface area contributed by atoms with Gasteiger partial charge in [-0.05, 0) is 36.8 Å². The van der Waals surface area contributed by atoms with Crippen LogP contribution in [0.5, 0.6) is 0 Å². The van der Waals surface area contributed by atoms with Gasteiger partial charge in [0.15, 0.2) is 5.13 Å². The van der Waals surface area contributed by atoms with Gasteiger partial charge in [-0.3, -0.25) is 14.9 Å². The number of halogens is 1. The van der Waals surface area contributed by atoms with Crippen molar-refractivity contribution in [1.29, 1.82) is 0 Å². The second-order valence-corrected chi connectivity index (χ2v) is 6.50. The van der Waals surface area contributed by atoms with E-state index in [1.807, 2.05) is 18.4 Å². The maximum atomic E-state index is 12.4. The first-order valence-electron chi connectivity index (χ1n) is 7.36. The largest absolute Gasteiger partial charge is 0.406 e. The predicted molar refractivity (Wildman–Crippen MR) is 97.2 cm³/mol. The highest BCUT2D eigenvalue weighted by atomic mass is 35.5. The number of carbonyl (C=O) groups excluding carboxylic acids is 1. The molecule has 1 amide bonds. The normalized spacial score (nSPS) is 10.5. The number of aryl methyl sites for hydroxylation is 1. The number of thiazole rings is 1. The highest BCUT2D eigenvalue weighted by Gasteiger charge is 2.14. The third kappa shape index (κ3) is 4.26. The molecule has 0 unspecified atom stereocenters. The fraction of sp³-hybridized carbons (Fsp3) is 0.118. The highest BCUT2D eigenvalue weighted by molar-refractivity contribution is 7.13. The number of nitrogens with zero attached hydrogens (tertiary/aromatic N) is 2. The van der Waals surface area contributed by atoms with Crippen LogP contribution in [0.4, 0.5) is 5.13 Å². The van der Waals surface area contributed by atoms with Gasteiger partial charge in [-0.1, -0.05) is 23.7 Å². The molecule has 128 valence electrons.